The molecule has 3 nitrogen and oxygen atoms in total. The van der Waals surface area contributed by atoms with E-state index in [-0.39, 0.29) is 6.04 Å². The fourth-order valence-electron chi connectivity index (χ4n) is 2.29. The molecule has 0 unspecified atom stereocenters. The fourth-order valence-corrected chi connectivity index (χ4v) is 2.29. The van der Waals surface area contributed by atoms with Crippen molar-refractivity contribution in [3.63, 3.8) is 0 Å². The Kier molecular flexibility index (Phi) is 5.01. The third-order valence-electron chi connectivity index (χ3n) is 3.35. The second-order valence-electron chi connectivity index (χ2n) is 5.05. The van der Waals surface area contributed by atoms with Gasteiger partial charge in [0.15, 0.2) is 0 Å². The number of halogens is 3. The predicted octanol–water partition coefficient (Wildman–Crippen LogP) is 3.51. The molecule has 1 heterocycles. The second kappa shape index (κ2) is 5.94. The van der Waals surface area contributed by atoms with Gasteiger partial charge in [0.1, 0.15) is 6.54 Å². The maximum atomic E-state index is 12.5. The average Bonchev–Trinajstić information content (AvgIpc) is 2.51. The lowest BCUT2D eigenvalue weighted by molar-refractivity contribution is -0.142. The minimum absolute atomic E-state index is 0.00284. The molecule has 0 aromatic carbocycles. The molecule has 2 atom stereocenters. The van der Waals surface area contributed by atoms with Gasteiger partial charge in [0, 0.05) is 23.3 Å². The van der Waals surface area contributed by atoms with Gasteiger partial charge in [-0.2, -0.15) is 18.3 Å². The lowest BCUT2D eigenvalue weighted by Gasteiger charge is -2.19. The molecule has 6 heteroatoms. The molecule has 0 aliphatic carbocycles. The minimum Gasteiger partial charge on any atom is -0.308 e. The number of nitrogens with one attached hydrogen (secondary N) is 1. The van der Waals surface area contributed by atoms with E-state index < -0.39 is 12.7 Å². The first-order valence-electron chi connectivity index (χ1n) is 6.52. The van der Waals surface area contributed by atoms with Gasteiger partial charge in [-0.25, -0.2) is 0 Å². The smallest absolute Gasteiger partial charge is 0.308 e. The number of rotatable bonds is 5. The maximum Gasteiger partial charge on any atom is 0.408 e. The third kappa shape index (κ3) is 4.23. The van der Waals surface area contributed by atoms with Crippen LogP contribution in [0.2, 0.25) is 0 Å². The lowest BCUT2D eigenvalue weighted by atomic mass is 10.1. The highest BCUT2D eigenvalue weighted by Gasteiger charge is 2.30. The van der Waals surface area contributed by atoms with Crippen LogP contribution in [0.4, 0.5) is 13.2 Å². The highest BCUT2D eigenvalue weighted by molar-refractivity contribution is 5.28. The standard InChI is InChI=1S/C13H22F3N3/c1-6-8(2)17-9(3)12-10(4)18-19(11(12)5)7-13(14,15)16/h8-9,17H,6-7H2,1-5H3/t8-,9+/m1/s1. The molecule has 0 aliphatic rings. The van der Waals surface area contributed by atoms with Crippen molar-refractivity contribution in [3.05, 3.63) is 17.0 Å². The van der Waals surface area contributed by atoms with Crippen LogP contribution in [0.1, 0.15) is 50.2 Å². The molecule has 0 saturated heterocycles. The molecule has 1 aromatic rings. The molecule has 0 saturated carbocycles. The molecular weight excluding hydrogens is 255 g/mol. The monoisotopic (exact) mass is 277 g/mol. The van der Waals surface area contributed by atoms with Gasteiger partial charge in [0.05, 0.1) is 5.69 Å². The lowest BCUT2D eigenvalue weighted by Crippen LogP contribution is -2.29. The summed E-state index contributed by atoms with van der Waals surface area (Å²) in [6.45, 7) is 8.50. The summed E-state index contributed by atoms with van der Waals surface area (Å²) in [5.74, 6) is 0. The summed E-state index contributed by atoms with van der Waals surface area (Å²) in [5, 5.41) is 7.38. The van der Waals surface area contributed by atoms with Crippen molar-refractivity contribution in [1.82, 2.24) is 15.1 Å². The summed E-state index contributed by atoms with van der Waals surface area (Å²) in [7, 11) is 0. The quantitative estimate of drug-likeness (QED) is 0.892. The minimum atomic E-state index is -4.24. The number of hydrogen-bond donors (Lipinski definition) is 1. The van der Waals surface area contributed by atoms with E-state index >= 15 is 0 Å². The summed E-state index contributed by atoms with van der Waals surface area (Å²) < 4.78 is 38.4. The van der Waals surface area contributed by atoms with E-state index in [2.05, 4.69) is 24.3 Å². The molecule has 0 amide bonds. The molecule has 1 rings (SSSR count). The second-order valence-corrected chi connectivity index (χ2v) is 5.05. The fraction of sp³-hybridized carbons (Fsp3) is 0.769. The SMILES string of the molecule is CC[C@@H](C)N[C@@H](C)c1c(C)nn(CC(F)(F)F)c1C. The Hall–Kier alpha value is -1.04. The molecule has 1 N–H and O–H groups in total. The summed E-state index contributed by atoms with van der Waals surface area (Å²) in [4.78, 5) is 0. The largest absolute Gasteiger partial charge is 0.408 e. The van der Waals surface area contributed by atoms with Crippen LogP contribution in [0.3, 0.4) is 0 Å². The highest BCUT2D eigenvalue weighted by Crippen LogP contribution is 2.25. The Morgan fingerprint density at radius 1 is 1.26 bits per heavy atom. The Labute approximate surface area is 112 Å². The van der Waals surface area contributed by atoms with Crippen LogP contribution in [-0.4, -0.2) is 22.0 Å². The van der Waals surface area contributed by atoms with Crippen molar-refractivity contribution < 1.29 is 13.2 Å². The number of aryl methyl sites for hydroxylation is 1. The first-order chi connectivity index (χ1) is 8.65. The van der Waals surface area contributed by atoms with E-state index in [1.54, 1.807) is 13.8 Å². The van der Waals surface area contributed by atoms with Crippen molar-refractivity contribution in [2.24, 2.45) is 0 Å². The Morgan fingerprint density at radius 3 is 2.32 bits per heavy atom. The number of hydrogen-bond acceptors (Lipinski definition) is 2. The molecule has 110 valence electrons. The Morgan fingerprint density at radius 2 is 1.84 bits per heavy atom. The summed E-state index contributed by atoms with van der Waals surface area (Å²) in [5.41, 5.74) is 2.10. The van der Waals surface area contributed by atoms with E-state index in [0.29, 0.717) is 17.4 Å². The number of alkyl halides is 3. The van der Waals surface area contributed by atoms with Crippen molar-refractivity contribution in [1.29, 1.82) is 0 Å². The first-order valence-corrected chi connectivity index (χ1v) is 6.52. The van der Waals surface area contributed by atoms with Crippen LogP contribution in [-0.2, 0) is 6.54 Å². The molecule has 0 spiro atoms. The van der Waals surface area contributed by atoms with Crippen molar-refractivity contribution in [2.45, 2.75) is 65.8 Å². The normalized spacial score (nSPS) is 15.6. The zero-order valence-corrected chi connectivity index (χ0v) is 12.1. The molecule has 0 radical (unpaired) electrons. The van der Waals surface area contributed by atoms with E-state index in [0.717, 1.165) is 16.7 Å². The van der Waals surface area contributed by atoms with Crippen LogP contribution in [0, 0.1) is 13.8 Å². The van der Waals surface area contributed by atoms with Crippen LogP contribution in [0.5, 0.6) is 0 Å². The topological polar surface area (TPSA) is 29.9 Å². The maximum absolute atomic E-state index is 12.5. The molecule has 19 heavy (non-hydrogen) atoms. The molecule has 0 bridgehead atoms. The summed E-state index contributed by atoms with van der Waals surface area (Å²) in [6.07, 6.45) is -3.27. The molecular formula is C13H22F3N3. The Bertz CT molecular complexity index is 424. The van der Waals surface area contributed by atoms with Crippen molar-refractivity contribution in [3.8, 4) is 0 Å². The summed E-state index contributed by atoms with van der Waals surface area (Å²) in [6, 6.07) is 0.316. The van der Waals surface area contributed by atoms with E-state index in [1.807, 2.05) is 6.92 Å². The van der Waals surface area contributed by atoms with Gasteiger partial charge >= 0.3 is 6.18 Å². The van der Waals surface area contributed by atoms with E-state index in [9.17, 15) is 13.2 Å². The zero-order valence-electron chi connectivity index (χ0n) is 12.1. The van der Waals surface area contributed by atoms with Crippen molar-refractivity contribution >= 4 is 0 Å². The average molecular weight is 277 g/mol. The number of aromatic nitrogens is 2. The molecule has 1 aromatic heterocycles. The third-order valence-corrected chi connectivity index (χ3v) is 3.35. The summed E-state index contributed by atoms with van der Waals surface area (Å²) >= 11 is 0. The van der Waals surface area contributed by atoms with Crippen LogP contribution in [0.15, 0.2) is 0 Å². The van der Waals surface area contributed by atoms with Crippen LogP contribution < -0.4 is 5.32 Å². The van der Waals surface area contributed by atoms with Gasteiger partial charge in [-0.3, -0.25) is 4.68 Å². The highest BCUT2D eigenvalue weighted by atomic mass is 19.4. The van der Waals surface area contributed by atoms with Gasteiger partial charge in [0.2, 0.25) is 0 Å². The van der Waals surface area contributed by atoms with Crippen LogP contribution >= 0.6 is 0 Å². The molecule has 0 aliphatic heterocycles. The first kappa shape index (κ1) is 16.0. The van der Waals surface area contributed by atoms with Gasteiger partial charge in [0.25, 0.3) is 0 Å². The predicted molar refractivity (Wildman–Crippen MR) is 69.1 cm³/mol. The van der Waals surface area contributed by atoms with Gasteiger partial charge in [-0.05, 0) is 34.1 Å². The van der Waals surface area contributed by atoms with E-state index in [1.165, 1.54) is 0 Å². The molecule has 0 fully saturated rings. The zero-order chi connectivity index (χ0) is 14.8. The Balaban J connectivity index is 2.96. The van der Waals surface area contributed by atoms with Crippen molar-refractivity contribution in [2.75, 3.05) is 0 Å². The van der Waals surface area contributed by atoms with Gasteiger partial charge in [-0.15, -0.1) is 0 Å². The van der Waals surface area contributed by atoms with E-state index in [4.69, 9.17) is 0 Å². The van der Waals surface area contributed by atoms with Gasteiger partial charge in [-0.1, -0.05) is 6.92 Å². The van der Waals surface area contributed by atoms with Crippen LogP contribution in [0.25, 0.3) is 0 Å². The number of nitrogens with zero attached hydrogens (tertiary/aromatic N) is 2. The van der Waals surface area contributed by atoms with Gasteiger partial charge < -0.3 is 5.32 Å².